The monoisotopic (exact) mass is 241 g/mol. The Morgan fingerprint density at radius 2 is 2.50 bits per heavy atom. The van der Waals surface area contributed by atoms with Crippen molar-refractivity contribution in [3.8, 4) is 0 Å². The van der Waals surface area contributed by atoms with Crippen LogP contribution in [-0.4, -0.2) is 31.8 Å². The van der Waals surface area contributed by atoms with E-state index in [0.29, 0.717) is 18.3 Å². The highest BCUT2D eigenvalue weighted by Gasteiger charge is 2.18. The number of pyridine rings is 1. The number of nitrogens with one attached hydrogen (secondary N) is 2. The first-order valence-corrected chi connectivity index (χ1v) is 5.80. The summed E-state index contributed by atoms with van der Waals surface area (Å²) in [4.78, 5) is 4.35. The first kappa shape index (κ1) is 11.8. The Labute approximate surface area is 100 Å². The molecule has 1 atom stereocenters. The maximum atomic E-state index is 5.90. The predicted molar refractivity (Wildman–Crippen MR) is 63.6 cm³/mol. The Morgan fingerprint density at radius 1 is 1.62 bits per heavy atom. The highest BCUT2D eigenvalue weighted by molar-refractivity contribution is 6.29. The van der Waals surface area contributed by atoms with Crippen molar-refractivity contribution in [3.05, 3.63) is 28.5 Å². The third-order valence-corrected chi connectivity index (χ3v) is 2.83. The molecule has 1 saturated heterocycles. The van der Waals surface area contributed by atoms with Crippen LogP contribution in [0, 0.1) is 0 Å². The molecule has 1 aromatic heterocycles. The van der Waals surface area contributed by atoms with Gasteiger partial charge in [0.15, 0.2) is 0 Å². The maximum absolute atomic E-state index is 5.90. The summed E-state index contributed by atoms with van der Waals surface area (Å²) in [6, 6.07) is 4.07. The number of halogens is 1. The molecule has 1 aromatic rings. The van der Waals surface area contributed by atoms with Crippen molar-refractivity contribution in [3.63, 3.8) is 0 Å². The lowest BCUT2D eigenvalue weighted by atomic mass is 10.0. The minimum absolute atomic E-state index is 0.224. The highest BCUT2D eigenvalue weighted by atomic mass is 35.5. The van der Waals surface area contributed by atoms with Crippen LogP contribution in [0.1, 0.15) is 17.3 Å². The zero-order valence-corrected chi connectivity index (χ0v) is 10.0. The normalized spacial score (nSPS) is 21.0. The molecule has 0 bridgehead atoms. The van der Waals surface area contributed by atoms with Crippen LogP contribution in [0.3, 0.4) is 0 Å². The molecule has 88 valence electrons. The van der Waals surface area contributed by atoms with E-state index in [4.69, 9.17) is 16.3 Å². The maximum Gasteiger partial charge on any atom is 0.129 e. The van der Waals surface area contributed by atoms with Gasteiger partial charge in [-0.2, -0.15) is 0 Å². The first-order valence-electron chi connectivity index (χ1n) is 5.42. The molecule has 1 aliphatic rings. The van der Waals surface area contributed by atoms with E-state index in [1.165, 1.54) is 5.56 Å². The topological polar surface area (TPSA) is 46.2 Å². The fourth-order valence-corrected chi connectivity index (χ4v) is 2.04. The summed E-state index contributed by atoms with van der Waals surface area (Å²) in [5, 5.41) is 7.05. The van der Waals surface area contributed by atoms with E-state index in [9.17, 15) is 0 Å². The molecule has 1 fully saturated rings. The number of hydrogen-bond donors (Lipinski definition) is 2. The number of nitrogens with zero attached hydrogens (tertiary/aromatic N) is 1. The second-order valence-corrected chi connectivity index (χ2v) is 4.17. The van der Waals surface area contributed by atoms with Crippen LogP contribution in [0.15, 0.2) is 12.1 Å². The molecule has 0 radical (unpaired) electrons. The summed E-state index contributed by atoms with van der Waals surface area (Å²) in [7, 11) is 1.90. The second kappa shape index (κ2) is 5.59. The lowest BCUT2D eigenvalue weighted by molar-refractivity contribution is 0.0764. The number of morpholine rings is 1. The molecule has 2 rings (SSSR count). The van der Waals surface area contributed by atoms with Crippen LogP contribution in [-0.2, 0) is 11.3 Å². The number of ether oxygens (including phenoxy) is 1. The fraction of sp³-hybridized carbons (Fsp3) is 0.545. The van der Waals surface area contributed by atoms with Crippen LogP contribution in [0.25, 0.3) is 0 Å². The van der Waals surface area contributed by atoms with Gasteiger partial charge in [-0.15, -0.1) is 0 Å². The van der Waals surface area contributed by atoms with Gasteiger partial charge in [0.05, 0.1) is 24.9 Å². The standard InChI is InChI=1S/C11H16ClN3O/c1-13-6-9-8(2-3-11(12)15-9)10-7-16-5-4-14-10/h2-3,10,13-14H,4-7H2,1H3. The lowest BCUT2D eigenvalue weighted by Crippen LogP contribution is -2.35. The molecule has 0 amide bonds. The Balaban J connectivity index is 2.23. The zero-order chi connectivity index (χ0) is 11.4. The first-order chi connectivity index (χ1) is 7.81. The Kier molecular flexibility index (Phi) is 4.12. The molecule has 1 unspecified atom stereocenters. The predicted octanol–water partition coefficient (Wildman–Crippen LogP) is 1.12. The van der Waals surface area contributed by atoms with E-state index in [2.05, 4.69) is 15.6 Å². The van der Waals surface area contributed by atoms with Gasteiger partial charge in [0.2, 0.25) is 0 Å². The van der Waals surface area contributed by atoms with Gasteiger partial charge < -0.3 is 15.4 Å². The molecule has 1 aliphatic heterocycles. The molecular weight excluding hydrogens is 226 g/mol. The van der Waals surface area contributed by atoms with E-state index < -0.39 is 0 Å². The van der Waals surface area contributed by atoms with Gasteiger partial charge >= 0.3 is 0 Å². The summed E-state index contributed by atoms with van der Waals surface area (Å²) in [6.07, 6.45) is 0. The third kappa shape index (κ3) is 2.71. The van der Waals surface area contributed by atoms with Crippen molar-refractivity contribution < 1.29 is 4.74 Å². The molecule has 5 heteroatoms. The molecular formula is C11H16ClN3O. The second-order valence-electron chi connectivity index (χ2n) is 3.78. The lowest BCUT2D eigenvalue weighted by Gasteiger charge is -2.25. The van der Waals surface area contributed by atoms with Crippen molar-refractivity contribution in [1.29, 1.82) is 0 Å². The van der Waals surface area contributed by atoms with E-state index in [1.54, 1.807) is 0 Å². The minimum atomic E-state index is 0.224. The van der Waals surface area contributed by atoms with Crippen LogP contribution < -0.4 is 10.6 Å². The van der Waals surface area contributed by atoms with Gasteiger partial charge in [-0.05, 0) is 18.7 Å². The third-order valence-electron chi connectivity index (χ3n) is 2.62. The molecule has 4 nitrogen and oxygen atoms in total. The summed E-state index contributed by atoms with van der Waals surface area (Å²) < 4.78 is 5.46. The van der Waals surface area contributed by atoms with Crippen molar-refractivity contribution in [2.45, 2.75) is 12.6 Å². The SMILES string of the molecule is CNCc1nc(Cl)ccc1C1COCCN1. The van der Waals surface area contributed by atoms with Gasteiger partial charge in [0.1, 0.15) is 5.15 Å². The molecule has 0 saturated carbocycles. The zero-order valence-electron chi connectivity index (χ0n) is 9.29. The number of aromatic nitrogens is 1. The molecule has 0 aliphatic carbocycles. The van der Waals surface area contributed by atoms with Gasteiger partial charge in [-0.1, -0.05) is 17.7 Å². The highest BCUT2D eigenvalue weighted by Crippen LogP contribution is 2.21. The van der Waals surface area contributed by atoms with Crippen LogP contribution in [0.4, 0.5) is 0 Å². The van der Waals surface area contributed by atoms with Crippen LogP contribution in [0.5, 0.6) is 0 Å². The van der Waals surface area contributed by atoms with Gasteiger partial charge in [0, 0.05) is 13.1 Å². The van der Waals surface area contributed by atoms with Crippen molar-refractivity contribution in [1.82, 2.24) is 15.6 Å². The largest absolute Gasteiger partial charge is 0.378 e. The number of hydrogen-bond acceptors (Lipinski definition) is 4. The molecule has 16 heavy (non-hydrogen) atoms. The summed E-state index contributed by atoms with van der Waals surface area (Å²) in [6.45, 7) is 3.07. The Bertz CT molecular complexity index is 353. The molecule has 0 spiro atoms. The average molecular weight is 242 g/mol. The Morgan fingerprint density at radius 3 is 3.19 bits per heavy atom. The minimum Gasteiger partial charge on any atom is -0.378 e. The van der Waals surface area contributed by atoms with E-state index in [-0.39, 0.29) is 6.04 Å². The van der Waals surface area contributed by atoms with Crippen LogP contribution >= 0.6 is 11.6 Å². The summed E-state index contributed by atoms with van der Waals surface area (Å²) in [5.74, 6) is 0. The van der Waals surface area contributed by atoms with Crippen molar-refractivity contribution >= 4 is 11.6 Å². The quantitative estimate of drug-likeness (QED) is 0.779. The molecule has 0 aromatic carbocycles. The van der Waals surface area contributed by atoms with Gasteiger partial charge in [-0.3, -0.25) is 0 Å². The van der Waals surface area contributed by atoms with E-state index >= 15 is 0 Å². The summed E-state index contributed by atoms with van der Waals surface area (Å²) >= 11 is 5.90. The van der Waals surface area contributed by atoms with Gasteiger partial charge in [0.25, 0.3) is 0 Å². The Hall–Kier alpha value is -0.680. The smallest absolute Gasteiger partial charge is 0.129 e. The van der Waals surface area contributed by atoms with Crippen molar-refractivity contribution in [2.75, 3.05) is 26.8 Å². The summed E-state index contributed by atoms with van der Waals surface area (Å²) in [5.41, 5.74) is 2.15. The van der Waals surface area contributed by atoms with Crippen LogP contribution in [0.2, 0.25) is 5.15 Å². The van der Waals surface area contributed by atoms with E-state index in [0.717, 1.165) is 18.8 Å². The van der Waals surface area contributed by atoms with E-state index in [1.807, 2.05) is 19.2 Å². The number of rotatable bonds is 3. The molecule has 2 heterocycles. The van der Waals surface area contributed by atoms with Crippen molar-refractivity contribution in [2.24, 2.45) is 0 Å². The van der Waals surface area contributed by atoms with Gasteiger partial charge in [-0.25, -0.2) is 4.98 Å². The molecule has 2 N–H and O–H groups in total. The fourth-order valence-electron chi connectivity index (χ4n) is 1.88. The average Bonchev–Trinajstić information content (AvgIpc) is 2.31.